The highest BCUT2D eigenvalue weighted by Gasteiger charge is 2.19. The third-order valence-electron chi connectivity index (χ3n) is 13.7. The molecule has 0 aliphatic carbocycles. The summed E-state index contributed by atoms with van der Waals surface area (Å²) in [6.07, 6.45) is 79.1. The van der Waals surface area contributed by atoms with Gasteiger partial charge in [-0.1, -0.05) is 286 Å². The molecule has 0 amide bonds. The van der Waals surface area contributed by atoms with E-state index in [9.17, 15) is 14.4 Å². The van der Waals surface area contributed by atoms with Crippen molar-refractivity contribution in [1.29, 1.82) is 0 Å². The van der Waals surface area contributed by atoms with Gasteiger partial charge in [-0.25, -0.2) is 0 Å². The Kier molecular flexibility index (Phi) is 58.7. The summed E-state index contributed by atoms with van der Waals surface area (Å²) in [5, 5.41) is 0. The first-order chi connectivity index (χ1) is 36.0. The molecule has 422 valence electrons. The Bertz CT molecular complexity index is 1360. The van der Waals surface area contributed by atoms with E-state index < -0.39 is 6.10 Å². The molecular weight excluding hydrogens is 901 g/mol. The summed E-state index contributed by atoms with van der Waals surface area (Å²) in [4.78, 5) is 38.2. The highest BCUT2D eigenvalue weighted by atomic mass is 16.6. The molecule has 0 aromatic rings. The molecule has 0 rings (SSSR count). The molecule has 0 spiro atoms. The van der Waals surface area contributed by atoms with E-state index in [0.717, 1.165) is 103 Å². The first-order valence-corrected chi connectivity index (χ1v) is 31.4. The van der Waals surface area contributed by atoms with E-state index in [0.29, 0.717) is 19.3 Å². The van der Waals surface area contributed by atoms with E-state index >= 15 is 0 Å². The van der Waals surface area contributed by atoms with Crippen molar-refractivity contribution in [3.05, 3.63) is 72.9 Å². The Balaban J connectivity index is 4.27. The molecule has 1 unspecified atom stereocenters. The fraction of sp³-hybridized carbons (Fsp3) is 0.776. The predicted molar refractivity (Wildman–Crippen MR) is 316 cm³/mol. The fourth-order valence-corrected chi connectivity index (χ4v) is 8.98. The smallest absolute Gasteiger partial charge is 0.306 e. The second-order valence-electron chi connectivity index (χ2n) is 20.9. The first kappa shape index (κ1) is 69.8. The molecule has 0 aliphatic rings. The minimum atomic E-state index is -0.779. The Morgan fingerprint density at radius 3 is 0.890 bits per heavy atom. The van der Waals surface area contributed by atoms with Crippen LogP contribution in [0.1, 0.15) is 316 Å². The summed E-state index contributed by atoms with van der Waals surface area (Å²) in [7, 11) is 0. The van der Waals surface area contributed by atoms with Crippen LogP contribution in [0.2, 0.25) is 0 Å². The number of carbonyl (C=O) groups excluding carboxylic acids is 3. The van der Waals surface area contributed by atoms with Gasteiger partial charge in [0.2, 0.25) is 0 Å². The van der Waals surface area contributed by atoms with Gasteiger partial charge in [-0.2, -0.15) is 0 Å². The van der Waals surface area contributed by atoms with Crippen LogP contribution in [0.5, 0.6) is 0 Å². The molecule has 0 fully saturated rings. The summed E-state index contributed by atoms with van der Waals surface area (Å²) < 4.78 is 16.9. The van der Waals surface area contributed by atoms with E-state index in [4.69, 9.17) is 14.2 Å². The number of allylic oxidation sites excluding steroid dienone is 12. The van der Waals surface area contributed by atoms with Gasteiger partial charge in [0.1, 0.15) is 13.2 Å². The van der Waals surface area contributed by atoms with Crippen LogP contribution in [0.3, 0.4) is 0 Å². The number of rotatable bonds is 57. The van der Waals surface area contributed by atoms with Crippen LogP contribution >= 0.6 is 0 Å². The van der Waals surface area contributed by atoms with Gasteiger partial charge in [-0.05, 0) is 83.5 Å². The summed E-state index contributed by atoms with van der Waals surface area (Å²) in [5.74, 6) is -0.879. The Hall–Kier alpha value is -3.15. The van der Waals surface area contributed by atoms with Gasteiger partial charge in [0.15, 0.2) is 6.10 Å². The highest BCUT2D eigenvalue weighted by Crippen LogP contribution is 2.17. The summed E-state index contributed by atoms with van der Waals surface area (Å²) in [6, 6.07) is 0. The van der Waals surface area contributed by atoms with E-state index in [1.54, 1.807) is 0 Å². The number of esters is 3. The molecule has 0 aliphatic heterocycles. The Morgan fingerprint density at radius 2 is 0.548 bits per heavy atom. The van der Waals surface area contributed by atoms with Crippen LogP contribution in [-0.4, -0.2) is 37.2 Å². The van der Waals surface area contributed by atoms with Gasteiger partial charge < -0.3 is 14.2 Å². The third-order valence-corrected chi connectivity index (χ3v) is 13.7. The zero-order valence-electron chi connectivity index (χ0n) is 48.4. The maximum Gasteiger partial charge on any atom is 0.306 e. The molecule has 1 atom stereocenters. The van der Waals surface area contributed by atoms with Crippen molar-refractivity contribution in [2.24, 2.45) is 0 Å². The van der Waals surface area contributed by atoms with Crippen LogP contribution < -0.4 is 0 Å². The lowest BCUT2D eigenvalue weighted by molar-refractivity contribution is -0.167. The van der Waals surface area contributed by atoms with Gasteiger partial charge in [-0.3, -0.25) is 14.4 Å². The molecule has 6 nitrogen and oxygen atoms in total. The number of hydrogen-bond donors (Lipinski definition) is 0. The summed E-state index contributed by atoms with van der Waals surface area (Å²) >= 11 is 0. The molecule has 0 heterocycles. The van der Waals surface area contributed by atoms with Crippen molar-refractivity contribution in [2.75, 3.05) is 13.2 Å². The molecule has 0 aromatic heterocycles. The minimum absolute atomic E-state index is 0.0784. The Labute approximate surface area is 453 Å². The first-order valence-electron chi connectivity index (χ1n) is 31.4. The van der Waals surface area contributed by atoms with Gasteiger partial charge in [0, 0.05) is 19.3 Å². The second kappa shape index (κ2) is 61.4. The molecule has 0 saturated heterocycles. The van der Waals surface area contributed by atoms with Crippen molar-refractivity contribution in [1.82, 2.24) is 0 Å². The lowest BCUT2D eigenvalue weighted by Gasteiger charge is -2.18. The largest absolute Gasteiger partial charge is 0.462 e. The number of hydrogen-bond acceptors (Lipinski definition) is 6. The van der Waals surface area contributed by atoms with Gasteiger partial charge >= 0.3 is 17.9 Å². The summed E-state index contributed by atoms with van der Waals surface area (Å²) in [5.41, 5.74) is 0. The molecule has 0 radical (unpaired) electrons. The van der Waals surface area contributed by atoms with Crippen LogP contribution in [-0.2, 0) is 28.6 Å². The fourth-order valence-electron chi connectivity index (χ4n) is 8.98. The molecule has 0 N–H and O–H groups in total. The molecular formula is C67H118O6. The molecule has 0 aromatic carbocycles. The van der Waals surface area contributed by atoms with Gasteiger partial charge in [0.05, 0.1) is 0 Å². The standard InChI is InChI=1S/C67H118O6/c1-4-7-10-13-16-19-22-24-26-28-30-31-32-33-34-35-37-38-40-42-45-48-51-54-57-60-66(69)72-63-64(62-71-65(68)59-56-53-50-47-44-21-18-15-12-9-6-3)73-67(70)61-58-55-52-49-46-43-41-39-36-29-27-25-23-20-17-14-11-8-5-2/h7,10,15-16,18-19,24,26,30-31,33-34,64H,4-6,8-9,11-14,17,20-23,25,27-29,32,35-63H2,1-3H3/b10-7-,18-15-,19-16-,26-24-,31-30-,34-33-. The van der Waals surface area contributed by atoms with Crippen LogP contribution in [0, 0.1) is 0 Å². The van der Waals surface area contributed by atoms with Crippen molar-refractivity contribution in [3.8, 4) is 0 Å². The zero-order chi connectivity index (χ0) is 52.9. The van der Waals surface area contributed by atoms with Crippen LogP contribution in [0.15, 0.2) is 72.9 Å². The zero-order valence-corrected chi connectivity index (χ0v) is 48.4. The van der Waals surface area contributed by atoms with E-state index in [1.165, 1.54) is 173 Å². The Morgan fingerprint density at radius 1 is 0.288 bits per heavy atom. The SMILES string of the molecule is CC/C=C\C/C=C\C/C=C\C/C=C\C/C=C\CCCCCCCCCCCC(=O)OCC(COC(=O)CCCCCCC/C=C\CCCC)OC(=O)CCCCCCCCCCCCCCCCCCCCC. The average molecular weight is 1020 g/mol. The molecule has 73 heavy (non-hydrogen) atoms. The van der Waals surface area contributed by atoms with Crippen LogP contribution in [0.25, 0.3) is 0 Å². The summed E-state index contributed by atoms with van der Waals surface area (Å²) in [6.45, 7) is 6.51. The van der Waals surface area contributed by atoms with Crippen molar-refractivity contribution in [3.63, 3.8) is 0 Å². The topological polar surface area (TPSA) is 78.9 Å². The van der Waals surface area contributed by atoms with Gasteiger partial charge in [-0.15, -0.1) is 0 Å². The normalized spacial score (nSPS) is 12.5. The van der Waals surface area contributed by atoms with Gasteiger partial charge in [0.25, 0.3) is 0 Å². The second-order valence-corrected chi connectivity index (χ2v) is 20.9. The lowest BCUT2D eigenvalue weighted by atomic mass is 10.0. The van der Waals surface area contributed by atoms with Crippen molar-refractivity contribution >= 4 is 17.9 Å². The van der Waals surface area contributed by atoms with Crippen LogP contribution in [0.4, 0.5) is 0 Å². The molecule has 0 saturated carbocycles. The molecule has 0 bridgehead atoms. The van der Waals surface area contributed by atoms with E-state index in [1.807, 2.05) is 0 Å². The number of unbranched alkanes of at least 4 members (excludes halogenated alkanes) is 34. The maximum absolute atomic E-state index is 12.9. The number of ether oxygens (including phenoxy) is 3. The lowest BCUT2D eigenvalue weighted by Crippen LogP contribution is -2.30. The predicted octanol–water partition coefficient (Wildman–Crippen LogP) is 21.3. The minimum Gasteiger partial charge on any atom is -0.462 e. The highest BCUT2D eigenvalue weighted by molar-refractivity contribution is 5.71. The van der Waals surface area contributed by atoms with Crippen molar-refractivity contribution < 1.29 is 28.6 Å². The number of carbonyl (C=O) groups is 3. The van der Waals surface area contributed by atoms with Crippen molar-refractivity contribution in [2.45, 2.75) is 322 Å². The van der Waals surface area contributed by atoms with E-state index in [2.05, 4.69) is 93.7 Å². The third kappa shape index (κ3) is 59.6. The monoisotopic (exact) mass is 1020 g/mol. The maximum atomic E-state index is 12.9. The average Bonchev–Trinajstić information content (AvgIpc) is 3.39. The van der Waals surface area contributed by atoms with E-state index in [-0.39, 0.29) is 31.1 Å². The molecule has 6 heteroatoms. The quantitative estimate of drug-likeness (QED) is 0.0261.